The Bertz CT molecular complexity index is 486. The monoisotopic (exact) mass is 281 g/mol. The van der Waals surface area contributed by atoms with Gasteiger partial charge in [0.2, 0.25) is 0 Å². The molecule has 0 radical (unpaired) electrons. The Morgan fingerprint density at radius 2 is 2.05 bits per heavy atom. The maximum atomic E-state index is 12.8. The van der Waals surface area contributed by atoms with Crippen LogP contribution < -0.4 is 0 Å². The minimum absolute atomic E-state index is 0.00884. The summed E-state index contributed by atoms with van der Waals surface area (Å²) in [6.07, 6.45) is 0.628. The Kier molecular flexibility index (Phi) is 5.71. The van der Waals surface area contributed by atoms with E-state index in [1.165, 1.54) is 37.3 Å². The molecule has 0 saturated heterocycles. The van der Waals surface area contributed by atoms with Gasteiger partial charge in [0, 0.05) is 6.54 Å². The average Bonchev–Trinajstić information content (AvgIpc) is 2.43. The number of aliphatic carboxylic acids is 1. The van der Waals surface area contributed by atoms with E-state index in [4.69, 9.17) is 9.84 Å². The Morgan fingerprint density at radius 1 is 1.45 bits per heavy atom. The minimum Gasteiger partial charge on any atom is -0.480 e. The average molecular weight is 281 g/mol. The molecule has 0 fully saturated rings. The van der Waals surface area contributed by atoms with Gasteiger partial charge in [-0.25, -0.2) is 14.0 Å². The zero-order chi connectivity index (χ0) is 15.1. The van der Waals surface area contributed by atoms with Crippen molar-refractivity contribution in [3.8, 4) is 0 Å². The minimum atomic E-state index is -1.15. The van der Waals surface area contributed by atoms with Crippen LogP contribution in [-0.2, 0) is 16.1 Å². The first-order chi connectivity index (χ1) is 9.45. The van der Waals surface area contributed by atoms with E-state index in [-0.39, 0.29) is 13.2 Å². The standard InChI is InChI=1S/C14H16FNO4/c1-3-8-20-14(19)16(10(2)13(17)18)9-11-4-6-12(15)7-5-11/h3-7,10H,1,8-9H2,2H3,(H,17,18). The van der Waals surface area contributed by atoms with E-state index in [9.17, 15) is 14.0 Å². The summed E-state index contributed by atoms with van der Waals surface area (Å²) in [4.78, 5) is 23.9. The number of nitrogens with zero attached hydrogens (tertiary/aromatic N) is 1. The molecule has 1 aromatic rings. The maximum Gasteiger partial charge on any atom is 0.411 e. The lowest BCUT2D eigenvalue weighted by Crippen LogP contribution is -2.43. The third-order valence-electron chi connectivity index (χ3n) is 2.65. The van der Waals surface area contributed by atoms with Gasteiger partial charge in [-0.3, -0.25) is 4.90 Å². The number of benzene rings is 1. The van der Waals surface area contributed by atoms with Crippen molar-refractivity contribution in [1.29, 1.82) is 0 Å². The maximum absolute atomic E-state index is 12.8. The number of carbonyl (C=O) groups excluding carboxylic acids is 1. The third kappa shape index (κ3) is 4.38. The molecule has 0 aliphatic rings. The van der Waals surface area contributed by atoms with Crippen molar-refractivity contribution in [2.45, 2.75) is 19.5 Å². The number of hydrogen-bond donors (Lipinski definition) is 1. The molecule has 1 aromatic carbocycles. The molecule has 1 rings (SSSR count). The van der Waals surface area contributed by atoms with Crippen molar-refractivity contribution in [2.24, 2.45) is 0 Å². The summed E-state index contributed by atoms with van der Waals surface area (Å²) in [7, 11) is 0. The van der Waals surface area contributed by atoms with Crippen molar-refractivity contribution in [2.75, 3.05) is 6.61 Å². The fourth-order valence-electron chi connectivity index (χ4n) is 1.49. The van der Waals surface area contributed by atoms with E-state index in [2.05, 4.69) is 6.58 Å². The van der Waals surface area contributed by atoms with E-state index in [1.54, 1.807) is 0 Å². The van der Waals surface area contributed by atoms with Gasteiger partial charge in [-0.05, 0) is 24.6 Å². The van der Waals surface area contributed by atoms with Gasteiger partial charge in [-0.1, -0.05) is 24.8 Å². The molecule has 0 aliphatic heterocycles. The van der Waals surface area contributed by atoms with Gasteiger partial charge in [-0.15, -0.1) is 0 Å². The summed E-state index contributed by atoms with van der Waals surface area (Å²) < 4.78 is 17.7. The smallest absolute Gasteiger partial charge is 0.411 e. The lowest BCUT2D eigenvalue weighted by Gasteiger charge is -2.25. The molecular formula is C14H16FNO4. The topological polar surface area (TPSA) is 66.8 Å². The molecule has 1 atom stereocenters. The molecule has 0 heterocycles. The molecule has 1 amide bonds. The molecule has 20 heavy (non-hydrogen) atoms. The summed E-state index contributed by atoms with van der Waals surface area (Å²) in [5, 5.41) is 9.02. The van der Waals surface area contributed by atoms with E-state index in [1.807, 2.05) is 0 Å². The second kappa shape index (κ2) is 7.28. The van der Waals surface area contributed by atoms with Crippen LogP contribution in [0, 0.1) is 5.82 Å². The molecule has 1 unspecified atom stereocenters. The van der Waals surface area contributed by atoms with Crippen molar-refractivity contribution in [3.63, 3.8) is 0 Å². The second-order valence-electron chi connectivity index (χ2n) is 4.13. The van der Waals surface area contributed by atoms with Gasteiger partial charge in [0.15, 0.2) is 0 Å². The molecule has 108 valence electrons. The van der Waals surface area contributed by atoms with Crippen molar-refractivity contribution >= 4 is 12.1 Å². The molecule has 5 nitrogen and oxygen atoms in total. The van der Waals surface area contributed by atoms with Crippen LogP contribution in [-0.4, -0.2) is 34.7 Å². The largest absolute Gasteiger partial charge is 0.480 e. The molecular weight excluding hydrogens is 265 g/mol. The van der Waals surface area contributed by atoms with Crippen LogP contribution >= 0.6 is 0 Å². The van der Waals surface area contributed by atoms with Gasteiger partial charge in [-0.2, -0.15) is 0 Å². The highest BCUT2D eigenvalue weighted by Gasteiger charge is 2.26. The number of rotatable bonds is 6. The Hall–Kier alpha value is -2.37. The number of hydrogen-bond acceptors (Lipinski definition) is 3. The summed E-state index contributed by atoms with van der Waals surface area (Å²) in [5.41, 5.74) is 0.607. The highest BCUT2D eigenvalue weighted by molar-refractivity contribution is 5.79. The quantitative estimate of drug-likeness (QED) is 0.813. The summed E-state index contributed by atoms with van der Waals surface area (Å²) in [5.74, 6) is -1.55. The SMILES string of the molecule is C=CCOC(=O)N(Cc1ccc(F)cc1)C(C)C(=O)O. The Morgan fingerprint density at radius 3 is 2.55 bits per heavy atom. The highest BCUT2D eigenvalue weighted by atomic mass is 19.1. The highest BCUT2D eigenvalue weighted by Crippen LogP contribution is 2.11. The molecule has 0 aliphatic carbocycles. The number of halogens is 1. The molecule has 0 spiro atoms. The van der Waals surface area contributed by atoms with Gasteiger partial charge < -0.3 is 9.84 Å². The van der Waals surface area contributed by atoms with Crippen molar-refractivity contribution in [1.82, 2.24) is 4.90 Å². The summed E-state index contributed by atoms with van der Waals surface area (Å²) in [6.45, 7) is 4.80. The molecule has 0 bridgehead atoms. The van der Waals surface area contributed by atoms with Gasteiger partial charge >= 0.3 is 12.1 Å². The predicted octanol–water partition coefficient (Wildman–Crippen LogP) is 2.42. The number of carbonyl (C=O) groups is 2. The first-order valence-electron chi connectivity index (χ1n) is 5.97. The molecule has 0 aromatic heterocycles. The first kappa shape index (κ1) is 15.7. The van der Waals surface area contributed by atoms with Crippen LogP contribution in [0.2, 0.25) is 0 Å². The summed E-state index contributed by atoms with van der Waals surface area (Å²) >= 11 is 0. The third-order valence-corrected chi connectivity index (χ3v) is 2.65. The summed E-state index contributed by atoms with van der Waals surface area (Å²) in [6, 6.07) is 4.40. The van der Waals surface area contributed by atoms with Crippen LogP contribution in [0.1, 0.15) is 12.5 Å². The van der Waals surface area contributed by atoms with Crippen LogP contribution in [0.15, 0.2) is 36.9 Å². The lowest BCUT2D eigenvalue weighted by molar-refractivity contribution is -0.142. The number of carboxylic acids is 1. The second-order valence-corrected chi connectivity index (χ2v) is 4.13. The first-order valence-corrected chi connectivity index (χ1v) is 5.97. The number of carboxylic acid groups (broad SMARTS) is 1. The number of amides is 1. The van der Waals surface area contributed by atoms with Crippen LogP contribution in [0.4, 0.5) is 9.18 Å². The molecule has 1 N–H and O–H groups in total. The number of ether oxygens (including phenoxy) is 1. The predicted molar refractivity (Wildman–Crippen MR) is 70.6 cm³/mol. The molecule has 0 saturated carbocycles. The van der Waals surface area contributed by atoms with E-state index in [0.29, 0.717) is 5.56 Å². The zero-order valence-corrected chi connectivity index (χ0v) is 11.1. The van der Waals surface area contributed by atoms with Gasteiger partial charge in [0.1, 0.15) is 18.5 Å². The lowest BCUT2D eigenvalue weighted by atomic mass is 10.2. The fraction of sp³-hybridized carbons (Fsp3) is 0.286. The van der Waals surface area contributed by atoms with Gasteiger partial charge in [0.05, 0.1) is 0 Å². The molecule has 6 heteroatoms. The van der Waals surface area contributed by atoms with Crippen LogP contribution in [0.25, 0.3) is 0 Å². The van der Waals surface area contributed by atoms with Gasteiger partial charge in [0.25, 0.3) is 0 Å². The zero-order valence-electron chi connectivity index (χ0n) is 11.1. The van der Waals surface area contributed by atoms with E-state index < -0.39 is 23.9 Å². The van der Waals surface area contributed by atoms with Crippen LogP contribution in [0.5, 0.6) is 0 Å². The fourth-order valence-corrected chi connectivity index (χ4v) is 1.49. The van der Waals surface area contributed by atoms with Crippen molar-refractivity contribution < 1.29 is 23.8 Å². The normalized spacial score (nSPS) is 11.5. The van der Waals surface area contributed by atoms with Crippen LogP contribution in [0.3, 0.4) is 0 Å². The Balaban J connectivity index is 2.86. The van der Waals surface area contributed by atoms with E-state index in [0.717, 1.165) is 4.90 Å². The Labute approximate surface area is 116 Å². The van der Waals surface area contributed by atoms with Crippen molar-refractivity contribution in [3.05, 3.63) is 48.3 Å². The van der Waals surface area contributed by atoms with E-state index >= 15 is 0 Å².